The Morgan fingerprint density at radius 1 is 1.83 bits per heavy atom. The van der Waals surface area contributed by atoms with Gasteiger partial charge in [0.1, 0.15) is 5.76 Å². The molecule has 4 nitrogen and oxygen atoms in total. The van der Waals surface area contributed by atoms with Crippen molar-refractivity contribution in [3.8, 4) is 0 Å². The molecule has 0 unspecified atom stereocenters. The molecule has 0 saturated heterocycles. The largest absolute Gasteiger partial charge is 0.461 e. The van der Waals surface area contributed by atoms with Crippen LogP contribution in [0.2, 0.25) is 0 Å². The summed E-state index contributed by atoms with van der Waals surface area (Å²) in [5.74, 6) is 0.159. The summed E-state index contributed by atoms with van der Waals surface area (Å²) in [6, 6.07) is 1.55. The number of nitrogens with zero attached hydrogens (tertiary/aromatic N) is 1. The van der Waals surface area contributed by atoms with E-state index >= 15 is 0 Å². The average molecular weight is 234 g/mol. The number of carbonyl (C=O) groups is 1. The zero-order valence-electron chi connectivity index (χ0n) is 6.54. The van der Waals surface area contributed by atoms with Crippen molar-refractivity contribution in [2.24, 2.45) is 0 Å². The zero-order valence-corrected chi connectivity index (χ0v) is 8.13. The quantitative estimate of drug-likeness (QED) is 0.590. The molecule has 0 spiro atoms. The Kier molecular flexibility index (Phi) is 3.28. The van der Waals surface area contributed by atoms with Gasteiger partial charge < -0.3 is 9.26 Å². The van der Waals surface area contributed by atoms with Gasteiger partial charge in [-0.1, -0.05) is 21.1 Å². The number of carbonyl (C=O) groups excluding carboxylic acids is 1. The van der Waals surface area contributed by atoms with Gasteiger partial charge in [-0.25, -0.2) is 4.79 Å². The summed E-state index contributed by atoms with van der Waals surface area (Å²) < 4.78 is 9.49. The van der Waals surface area contributed by atoms with E-state index < -0.39 is 5.97 Å². The number of hydrogen-bond donors (Lipinski definition) is 0. The fraction of sp³-hybridized carbons (Fsp3) is 0.429. The van der Waals surface area contributed by atoms with Gasteiger partial charge in [-0.15, -0.1) is 0 Å². The molecule has 0 aliphatic heterocycles. The molecule has 0 aliphatic rings. The topological polar surface area (TPSA) is 52.3 Å². The van der Waals surface area contributed by atoms with Crippen LogP contribution in [0.1, 0.15) is 23.2 Å². The van der Waals surface area contributed by atoms with E-state index in [1.165, 1.54) is 0 Å². The second-order valence-electron chi connectivity index (χ2n) is 2.03. The molecule has 0 fully saturated rings. The highest BCUT2D eigenvalue weighted by atomic mass is 79.9. The Morgan fingerprint density at radius 3 is 3.08 bits per heavy atom. The van der Waals surface area contributed by atoms with Gasteiger partial charge in [0.05, 0.1) is 11.9 Å². The summed E-state index contributed by atoms with van der Waals surface area (Å²) in [6.07, 6.45) is 0. The fourth-order valence-electron chi connectivity index (χ4n) is 0.677. The van der Waals surface area contributed by atoms with E-state index in [1.54, 1.807) is 13.0 Å². The molecule has 1 aromatic heterocycles. The standard InChI is InChI=1S/C7H8BrNO3/c1-2-11-7(10)6-3-5(4-8)12-9-6/h3H,2,4H2,1H3. The molecule has 0 saturated carbocycles. The van der Waals surface area contributed by atoms with Gasteiger partial charge in [-0.2, -0.15) is 0 Å². The van der Waals surface area contributed by atoms with Crippen LogP contribution in [0.4, 0.5) is 0 Å². The Morgan fingerprint density at radius 2 is 2.58 bits per heavy atom. The second kappa shape index (κ2) is 4.25. The number of hydrogen-bond acceptors (Lipinski definition) is 4. The van der Waals surface area contributed by atoms with Crippen molar-refractivity contribution in [2.75, 3.05) is 6.61 Å². The smallest absolute Gasteiger partial charge is 0.360 e. The molecule has 0 amide bonds. The van der Waals surface area contributed by atoms with Crippen LogP contribution in [-0.4, -0.2) is 17.7 Å². The van der Waals surface area contributed by atoms with Crippen molar-refractivity contribution >= 4 is 21.9 Å². The van der Waals surface area contributed by atoms with Crippen LogP contribution in [0.3, 0.4) is 0 Å². The Bertz CT molecular complexity index is 271. The lowest BCUT2D eigenvalue weighted by molar-refractivity contribution is 0.0514. The Labute approximate surface area is 78.0 Å². The first kappa shape index (κ1) is 9.25. The second-order valence-corrected chi connectivity index (χ2v) is 2.59. The van der Waals surface area contributed by atoms with Crippen LogP contribution in [0, 0.1) is 0 Å². The number of rotatable bonds is 3. The maximum Gasteiger partial charge on any atom is 0.360 e. The van der Waals surface area contributed by atoms with E-state index in [0.29, 0.717) is 17.7 Å². The molecule has 0 aromatic carbocycles. The molecule has 1 heterocycles. The van der Waals surface area contributed by atoms with Crippen molar-refractivity contribution in [3.63, 3.8) is 0 Å². The number of esters is 1. The van der Waals surface area contributed by atoms with E-state index in [2.05, 4.69) is 21.1 Å². The molecule has 0 aliphatic carbocycles. The summed E-state index contributed by atoms with van der Waals surface area (Å²) >= 11 is 3.17. The maximum absolute atomic E-state index is 11.0. The fourth-order valence-corrected chi connectivity index (χ4v) is 0.941. The molecular weight excluding hydrogens is 226 g/mol. The van der Waals surface area contributed by atoms with E-state index in [4.69, 9.17) is 9.26 Å². The molecule has 66 valence electrons. The zero-order chi connectivity index (χ0) is 8.97. The minimum Gasteiger partial charge on any atom is -0.461 e. The molecule has 1 aromatic rings. The first-order valence-corrected chi connectivity index (χ1v) is 4.58. The van der Waals surface area contributed by atoms with Gasteiger partial charge in [0, 0.05) is 6.07 Å². The molecule has 0 bridgehead atoms. The van der Waals surface area contributed by atoms with Crippen LogP contribution in [0.15, 0.2) is 10.6 Å². The lowest BCUT2D eigenvalue weighted by atomic mass is 10.4. The first-order valence-electron chi connectivity index (χ1n) is 3.46. The monoisotopic (exact) mass is 233 g/mol. The minimum atomic E-state index is -0.451. The molecule has 0 radical (unpaired) electrons. The molecule has 0 N–H and O–H groups in total. The van der Waals surface area contributed by atoms with Gasteiger partial charge in [-0.05, 0) is 6.92 Å². The summed E-state index contributed by atoms with van der Waals surface area (Å²) in [7, 11) is 0. The van der Waals surface area contributed by atoms with Crippen LogP contribution in [0.5, 0.6) is 0 Å². The van der Waals surface area contributed by atoms with E-state index in [-0.39, 0.29) is 5.69 Å². The number of ether oxygens (including phenoxy) is 1. The van der Waals surface area contributed by atoms with Gasteiger partial charge >= 0.3 is 5.97 Å². The summed E-state index contributed by atoms with van der Waals surface area (Å²) in [4.78, 5) is 11.0. The van der Waals surface area contributed by atoms with Crippen molar-refractivity contribution in [3.05, 3.63) is 17.5 Å². The third-order valence-corrected chi connectivity index (χ3v) is 1.73. The van der Waals surface area contributed by atoms with Crippen molar-refractivity contribution < 1.29 is 14.1 Å². The van der Waals surface area contributed by atoms with Crippen molar-refractivity contribution in [2.45, 2.75) is 12.3 Å². The predicted molar refractivity (Wildman–Crippen MR) is 45.1 cm³/mol. The average Bonchev–Trinajstić information content (AvgIpc) is 2.52. The number of halogens is 1. The summed E-state index contributed by atoms with van der Waals surface area (Å²) in [5, 5.41) is 4.07. The van der Waals surface area contributed by atoms with Gasteiger partial charge in [0.2, 0.25) is 0 Å². The summed E-state index contributed by atoms with van der Waals surface area (Å²) in [6.45, 7) is 2.08. The molecule has 12 heavy (non-hydrogen) atoms. The minimum absolute atomic E-state index is 0.214. The lowest BCUT2D eigenvalue weighted by Crippen LogP contribution is -2.04. The first-order chi connectivity index (χ1) is 5.77. The third kappa shape index (κ3) is 2.07. The molecule has 1 rings (SSSR count). The highest BCUT2D eigenvalue weighted by molar-refractivity contribution is 9.08. The van der Waals surface area contributed by atoms with Gasteiger partial charge in [-0.3, -0.25) is 0 Å². The lowest BCUT2D eigenvalue weighted by Gasteiger charge is -1.94. The third-order valence-electron chi connectivity index (χ3n) is 1.18. The summed E-state index contributed by atoms with van der Waals surface area (Å²) in [5.41, 5.74) is 0.214. The normalized spacial score (nSPS) is 9.83. The van der Waals surface area contributed by atoms with Gasteiger partial charge in [0.25, 0.3) is 0 Å². The van der Waals surface area contributed by atoms with E-state index in [9.17, 15) is 4.79 Å². The van der Waals surface area contributed by atoms with Crippen LogP contribution in [0.25, 0.3) is 0 Å². The van der Waals surface area contributed by atoms with Crippen molar-refractivity contribution in [1.29, 1.82) is 0 Å². The number of aromatic nitrogens is 1. The van der Waals surface area contributed by atoms with Gasteiger partial charge in [0.15, 0.2) is 5.69 Å². The molecule has 0 atom stereocenters. The van der Waals surface area contributed by atoms with Crippen LogP contribution >= 0.6 is 15.9 Å². The van der Waals surface area contributed by atoms with E-state index in [1.807, 2.05) is 0 Å². The van der Waals surface area contributed by atoms with Crippen LogP contribution < -0.4 is 0 Å². The number of alkyl halides is 1. The SMILES string of the molecule is CCOC(=O)c1cc(CBr)on1. The highest BCUT2D eigenvalue weighted by Crippen LogP contribution is 2.08. The maximum atomic E-state index is 11.0. The Balaban J connectivity index is 2.68. The predicted octanol–water partition coefficient (Wildman–Crippen LogP) is 1.75. The Hall–Kier alpha value is -0.840. The van der Waals surface area contributed by atoms with Crippen LogP contribution in [-0.2, 0) is 10.1 Å². The van der Waals surface area contributed by atoms with Crippen molar-refractivity contribution in [1.82, 2.24) is 5.16 Å². The van der Waals surface area contributed by atoms with E-state index in [0.717, 1.165) is 0 Å². The molecular formula is C7H8BrNO3. The molecule has 5 heteroatoms. The highest BCUT2D eigenvalue weighted by Gasteiger charge is 2.12.